The van der Waals surface area contributed by atoms with E-state index in [-0.39, 0.29) is 60.5 Å². The Morgan fingerprint density at radius 3 is 1.69 bits per heavy atom. The molecule has 7 aromatic rings. The summed E-state index contributed by atoms with van der Waals surface area (Å²) in [7, 11) is -5.18. The summed E-state index contributed by atoms with van der Waals surface area (Å²) < 4.78 is 73.2. The number of Topliss-reactive ketones (excluding diaryl/α,β-unsaturated/α-hetero) is 2. The zero-order valence-electron chi connectivity index (χ0n) is 53.5. The van der Waals surface area contributed by atoms with Crippen molar-refractivity contribution in [1.82, 2.24) is 24.9 Å². The molecule has 0 spiro atoms. The maximum atomic E-state index is 13.5. The van der Waals surface area contributed by atoms with E-state index < -0.39 is 60.6 Å². The van der Waals surface area contributed by atoms with Gasteiger partial charge in [-0.25, -0.2) is 9.97 Å². The monoisotopic (exact) mass is 1420 g/mol. The average molecular weight is 1420 g/mol. The van der Waals surface area contributed by atoms with Crippen LogP contribution in [0.5, 0.6) is 11.5 Å². The van der Waals surface area contributed by atoms with Gasteiger partial charge < -0.3 is 51.6 Å². The topological polar surface area (TPSA) is 433 Å². The third-order valence-corrected chi connectivity index (χ3v) is 18.0. The lowest BCUT2D eigenvalue weighted by molar-refractivity contribution is -0.120. The molecule has 3 aromatic heterocycles. The number of hydrogen-bond donors (Lipinski definition) is 7. The molecule has 1 saturated carbocycles. The average Bonchev–Trinajstić information content (AvgIpc) is 1.77. The molecule has 3 heterocycles. The van der Waals surface area contributed by atoms with Gasteiger partial charge in [-0.1, -0.05) is 65.8 Å². The molecule has 1 fully saturated rings. The molecule has 97 heavy (non-hydrogen) atoms. The van der Waals surface area contributed by atoms with Gasteiger partial charge in [0.2, 0.25) is 39.5 Å². The summed E-state index contributed by atoms with van der Waals surface area (Å²) >= 11 is 3.19. The first-order chi connectivity index (χ1) is 46.4. The number of amides is 4. The maximum absolute atomic E-state index is 13.5. The molecular formula is C61H67N17O14S5. The molecule has 36 heteroatoms. The predicted octanol–water partition coefficient (Wildman–Crippen LogP) is 11.4. The first kappa shape index (κ1) is 74.1. The van der Waals surface area contributed by atoms with Gasteiger partial charge in [-0.15, -0.1) is 33.1 Å². The van der Waals surface area contributed by atoms with Crippen molar-refractivity contribution >= 4 is 176 Å². The van der Waals surface area contributed by atoms with Crippen molar-refractivity contribution < 1.29 is 63.8 Å². The minimum atomic E-state index is -5.10. The summed E-state index contributed by atoms with van der Waals surface area (Å²) in [6.07, 6.45) is 9.38. The van der Waals surface area contributed by atoms with Crippen molar-refractivity contribution in [3.05, 3.63) is 105 Å². The van der Waals surface area contributed by atoms with E-state index in [9.17, 15) is 41.7 Å². The quantitative estimate of drug-likeness (QED) is 0.00549. The number of aromatic nitrogens is 5. The van der Waals surface area contributed by atoms with Gasteiger partial charge in [-0.3, -0.25) is 33.3 Å². The SMILES string of the molecule is CCN(CC)c1cc(Nc2nc(Nc3cc(N(CC)CC)c(OC)cc3N=Nc3nc(S(=O)(=O)O)c(/C=C(/C(C)=O)C(=O)Nc4cccc(C(N)=O)c4)s3)nc(SC3CCCCC3)n2)c(N=Nc2ncc(/C=C(\C(C)=O)C(=O)Nc3cccc(NC=O)c3)s2)cc1OC.O=S(=O)=O. The molecule has 1 aliphatic rings. The fourth-order valence-corrected chi connectivity index (χ4v) is 13.1. The molecule has 0 saturated heterocycles. The number of azo groups is 2. The van der Waals surface area contributed by atoms with Crippen LogP contribution in [0, 0.1) is 0 Å². The van der Waals surface area contributed by atoms with E-state index in [0.29, 0.717) is 93.9 Å². The lowest BCUT2D eigenvalue weighted by Crippen LogP contribution is -2.22. The number of methoxy groups -OCH3 is 2. The number of nitrogens with one attached hydrogen (secondary N) is 5. The van der Waals surface area contributed by atoms with Gasteiger partial charge in [0, 0.05) is 72.4 Å². The third-order valence-electron chi connectivity index (χ3n) is 14.1. The number of primary amides is 1. The second-order valence-corrected chi connectivity index (χ2v) is 25.6. The standard InChI is InChI=1S/C61H67N17O11S4.O3S/c1-9-77(10-2)48-28-44(46(30-50(48)88-7)73-75-59-63-32-41(91-59)26-42(34(5)80)54(83)66-39-21-17-19-37(25-39)64-33-79)67-57-70-58(72-60(71-57)90-40-22-14-13-15-23-40)68-45-29-49(78(11-3)12-4)51(89-8)31-47(45)74-76-61-69-56(93(85,86)87)52(92-61)27-43(35(6)81)55(84)65-38-20-16-18-36(24-38)53(62)82;1-4(2)3/h16-21,24-33,40H,9-15,22-23H2,1-8H3,(H2,62,82)(H,64,79)(H,65,84)(H,66,83)(H,85,86,87)(H2,67,68,70,71,72);/b42-26+,43-27-,75-73?,76-74?;. The molecule has 0 unspecified atom stereocenters. The van der Waals surface area contributed by atoms with Gasteiger partial charge in [0.15, 0.2) is 16.7 Å². The normalized spacial score (nSPS) is 12.7. The number of anilines is 9. The van der Waals surface area contributed by atoms with Crippen LogP contribution in [0.4, 0.5) is 73.3 Å². The van der Waals surface area contributed by atoms with E-state index in [1.807, 2.05) is 38.7 Å². The minimum absolute atomic E-state index is 0.0655. The van der Waals surface area contributed by atoms with E-state index in [1.54, 1.807) is 49.6 Å². The maximum Gasteiger partial charge on any atom is 0.425 e. The van der Waals surface area contributed by atoms with Gasteiger partial charge in [0.1, 0.15) is 22.9 Å². The molecule has 1 aliphatic carbocycles. The number of ether oxygens (including phenoxy) is 2. The molecule has 8 rings (SSSR count). The molecule has 510 valence electrons. The Labute approximate surface area is 570 Å². The summed E-state index contributed by atoms with van der Waals surface area (Å²) in [6.45, 7) is 12.7. The third kappa shape index (κ3) is 20.9. The molecule has 0 bridgehead atoms. The number of thiazole rings is 2. The van der Waals surface area contributed by atoms with E-state index in [1.165, 1.54) is 62.3 Å². The number of hydrogen-bond acceptors (Lipinski definition) is 29. The summed E-state index contributed by atoms with van der Waals surface area (Å²) in [5, 5.41) is 32.0. The number of thioether (sulfide) groups is 1. The molecular weight excluding hydrogens is 1360 g/mol. The largest absolute Gasteiger partial charge is 0.494 e. The zero-order chi connectivity index (χ0) is 70.5. The number of carbonyl (C=O) groups excluding carboxylic acids is 6. The zero-order valence-corrected chi connectivity index (χ0v) is 57.6. The summed E-state index contributed by atoms with van der Waals surface area (Å²) in [5.74, 6) is -2.65. The molecule has 0 aliphatic heterocycles. The molecule has 4 aromatic carbocycles. The Bertz CT molecular complexity index is 4450. The number of carbonyl (C=O) groups is 6. The van der Waals surface area contributed by atoms with E-state index in [2.05, 4.69) is 61.9 Å². The van der Waals surface area contributed by atoms with Gasteiger partial charge >= 0.3 is 20.7 Å². The van der Waals surface area contributed by atoms with Crippen molar-refractivity contribution in [3.8, 4) is 11.5 Å². The summed E-state index contributed by atoms with van der Waals surface area (Å²) in [6, 6.07) is 19.0. The van der Waals surface area contributed by atoms with Crippen LogP contribution in [0.2, 0.25) is 0 Å². The van der Waals surface area contributed by atoms with Gasteiger partial charge in [0.05, 0.1) is 57.9 Å². The fraction of sp³-hybridized carbons (Fsp3) is 0.295. The van der Waals surface area contributed by atoms with Crippen molar-refractivity contribution in [2.45, 2.75) is 89.1 Å². The number of nitrogens with zero attached hydrogens (tertiary/aromatic N) is 11. The molecule has 4 amide bonds. The van der Waals surface area contributed by atoms with E-state index in [0.717, 1.165) is 62.1 Å². The van der Waals surface area contributed by atoms with Gasteiger partial charge in [-0.2, -0.15) is 23.4 Å². The number of ketones is 2. The van der Waals surface area contributed by atoms with Crippen LogP contribution in [0.25, 0.3) is 12.2 Å². The lowest BCUT2D eigenvalue weighted by Gasteiger charge is -2.25. The first-order valence-corrected chi connectivity index (χ1v) is 34.6. The first-order valence-electron chi connectivity index (χ1n) is 29.6. The molecule has 8 N–H and O–H groups in total. The Balaban J connectivity index is 0.00000322. The summed E-state index contributed by atoms with van der Waals surface area (Å²) in [4.78, 5) is 103. The lowest BCUT2D eigenvalue weighted by atomic mass is 10.0. The van der Waals surface area contributed by atoms with Gasteiger partial charge in [-0.05, 0) is 115 Å². The van der Waals surface area contributed by atoms with E-state index >= 15 is 0 Å². The van der Waals surface area contributed by atoms with Gasteiger partial charge in [0.25, 0.3) is 11.8 Å². The van der Waals surface area contributed by atoms with E-state index in [4.69, 9.17) is 42.8 Å². The second-order valence-electron chi connectivity index (χ2n) is 20.5. The predicted molar refractivity (Wildman–Crippen MR) is 370 cm³/mol. The van der Waals surface area contributed by atoms with Crippen LogP contribution in [0.3, 0.4) is 0 Å². The van der Waals surface area contributed by atoms with Crippen LogP contribution >= 0.6 is 34.4 Å². The van der Waals surface area contributed by atoms with Crippen LogP contribution in [0.15, 0.2) is 121 Å². The fourth-order valence-electron chi connectivity index (χ4n) is 9.56. The van der Waals surface area contributed by atoms with Crippen molar-refractivity contribution in [1.29, 1.82) is 0 Å². The Morgan fingerprint density at radius 2 is 1.20 bits per heavy atom. The van der Waals surface area contributed by atoms with Crippen LogP contribution < -0.4 is 51.6 Å². The Morgan fingerprint density at radius 1 is 0.691 bits per heavy atom. The van der Waals surface area contributed by atoms with Crippen LogP contribution in [-0.4, -0.2) is 132 Å². The highest BCUT2D eigenvalue weighted by Crippen LogP contribution is 2.44. The summed E-state index contributed by atoms with van der Waals surface area (Å²) in [5.41, 5.74) is 8.21. The number of benzene rings is 4. The van der Waals surface area contributed by atoms with Crippen molar-refractivity contribution in [3.63, 3.8) is 0 Å². The molecule has 0 radical (unpaired) electrons. The smallest absolute Gasteiger partial charge is 0.425 e. The Hall–Kier alpha value is -10.3. The highest BCUT2D eigenvalue weighted by atomic mass is 32.2. The Kier molecular flexibility index (Phi) is 26.7. The van der Waals surface area contributed by atoms with Crippen LogP contribution in [-0.2, 0) is 44.7 Å². The van der Waals surface area contributed by atoms with Crippen molar-refractivity contribution in [2.24, 2.45) is 26.2 Å². The number of rotatable bonds is 30. The second kappa shape index (κ2) is 34.9. The van der Waals surface area contributed by atoms with Crippen LogP contribution in [0.1, 0.15) is 93.8 Å². The molecule has 0 atom stereocenters. The number of nitrogens with two attached hydrogens (primary N) is 1. The molecule has 31 nitrogen and oxygen atoms in total. The highest BCUT2D eigenvalue weighted by Gasteiger charge is 2.27. The highest BCUT2D eigenvalue weighted by molar-refractivity contribution is 7.99. The van der Waals surface area contributed by atoms with Crippen molar-refractivity contribution in [2.75, 3.05) is 76.8 Å². The minimum Gasteiger partial charge on any atom is -0.494 e.